The van der Waals surface area contributed by atoms with Crippen LogP contribution in [0.15, 0.2) is 69.5 Å². The highest BCUT2D eigenvalue weighted by molar-refractivity contribution is 8.00. The van der Waals surface area contributed by atoms with Crippen LogP contribution in [0.5, 0.6) is 0 Å². The van der Waals surface area contributed by atoms with Crippen LogP contribution in [0, 0.1) is 0 Å². The number of urea groups is 2. The number of hydrazone groups is 1. The second kappa shape index (κ2) is 12.4. The number of esters is 1. The average molecular weight is 611 g/mol. The first-order valence-electron chi connectivity index (χ1n) is 13.0. The number of carbonyl (C=O) groups excluding carboxylic acids is 5. The SMILES string of the molecule is CC(=O)OCC1=C(C(=O)O)N2C(=O)C(NC(=O)C(NC(=O)N3CCN(N=Cc4ccco4)C3=O)c3ccccc3)[C@@H]2SC1. The topological polar surface area (TPSA) is 191 Å². The van der Waals surface area contributed by atoms with Gasteiger partial charge in [-0.1, -0.05) is 30.3 Å². The van der Waals surface area contributed by atoms with Gasteiger partial charge < -0.3 is 24.9 Å². The molecule has 0 aliphatic carbocycles. The van der Waals surface area contributed by atoms with Crippen molar-refractivity contribution in [3.05, 3.63) is 71.3 Å². The Bertz CT molecular complexity index is 1510. The minimum atomic E-state index is -1.36. The summed E-state index contributed by atoms with van der Waals surface area (Å²) in [5.74, 6) is -2.78. The van der Waals surface area contributed by atoms with Gasteiger partial charge in [0.05, 0.1) is 25.6 Å². The molecule has 0 spiro atoms. The van der Waals surface area contributed by atoms with Gasteiger partial charge in [-0.2, -0.15) is 5.10 Å². The highest BCUT2D eigenvalue weighted by Gasteiger charge is 2.54. The fourth-order valence-electron chi connectivity index (χ4n) is 4.68. The molecule has 3 atom stereocenters. The lowest BCUT2D eigenvalue weighted by Crippen LogP contribution is -2.71. The maximum Gasteiger partial charge on any atom is 0.352 e. The molecule has 1 aromatic heterocycles. The zero-order valence-corrected chi connectivity index (χ0v) is 23.5. The Morgan fingerprint density at radius 1 is 1.16 bits per heavy atom. The van der Waals surface area contributed by atoms with Crippen LogP contribution in [0.25, 0.3) is 0 Å². The predicted octanol–water partition coefficient (Wildman–Crippen LogP) is 1.10. The summed E-state index contributed by atoms with van der Waals surface area (Å²) < 4.78 is 10.1. The number of β-lactam (4-membered cyclic amide) rings is 1. The number of rotatable bonds is 9. The lowest BCUT2D eigenvalue weighted by Gasteiger charge is -2.49. The highest BCUT2D eigenvalue weighted by atomic mass is 32.2. The Hall–Kier alpha value is -5.12. The van der Waals surface area contributed by atoms with Crippen LogP contribution in [0.3, 0.4) is 0 Å². The molecule has 4 heterocycles. The fourth-order valence-corrected chi connectivity index (χ4v) is 6.01. The third-order valence-electron chi connectivity index (χ3n) is 6.76. The maximum absolute atomic E-state index is 13.5. The molecule has 0 radical (unpaired) electrons. The van der Waals surface area contributed by atoms with Crippen LogP contribution >= 0.6 is 11.8 Å². The van der Waals surface area contributed by atoms with Crippen molar-refractivity contribution in [1.82, 2.24) is 25.4 Å². The van der Waals surface area contributed by atoms with Gasteiger partial charge in [0.1, 0.15) is 35.5 Å². The van der Waals surface area contributed by atoms with E-state index in [1.165, 1.54) is 31.2 Å². The van der Waals surface area contributed by atoms with E-state index >= 15 is 0 Å². The van der Waals surface area contributed by atoms with Crippen LogP contribution < -0.4 is 10.6 Å². The Morgan fingerprint density at radius 3 is 2.60 bits per heavy atom. The molecule has 3 aliphatic rings. The van der Waals surface area contributed by atoms with E-state index in [1.54, 1.807) is 42.5 Å². The minimum Gasteiger partial charge on any atom is -0.477 e. The largest absolute Gasteiger partial charge is 0.477 e. The van der Waals surface area contributed by atoms with E-state index < -0.39 is 53.3 Å². The third kappa shape index (κ3) is 6.08. The zero-order valence-electron chi connectivity index (χ0n) is 22.7. The van der Waals surface area contributed by atoms with Crippen LogP contribution in [0.2, 0.25) is 0 Å². The molecule has 224 valence electrons. The number of fused-ring (bicyclic) bond motifs is 1. The molecule has 2 fully saturated rings. The maximum atomic E-state index is 13.5. The van der Waals surface area contributed by atoms with Gasteiger partial charge in [0.2, 0.25) is 5.91 Å². The molecular formula is C27H26N6O9S. The van der Waals surface area contributed by atoms with Crippen molar-refractivity contribution in [2.45, 2.75) is 24.4 Å². The van der Waals surface area contributed by atoms with Gasteiger partial charge in [-0.05, 0) is 17.7 Å². The number of ether oxygens (including phenoxy) is 1. The van der Waals surface area contributed by atoms with Crippen LogP contribution in [-0.2, 0) is 23.9 Å². The summed E-state index contributed by atoms with van der Waals surface area (Å²) in [6, 6.07) is 7.66. The monoisotopic (exact) mass is 610 g/mol. The quantitative estimate of drug-likeness (QED) is 0.211. The molecule has 6 amide bonds. The number of carboxylic acid groups (broad SMARTS) is 1. The number of nitrogens with one attached hydrogen (secondary N) is 2. The van der Waals surface area contributed by atoms with E-state index in [9.17, 15) is 33.9 Å². The first kappa shape index (κ1) is 29.4. The number of nitrogens with zero attached hydrogens (tertiary/aromatic N) is 4. The summed E-state index contributed by atoms with van der Waals surface area (Å²) in [4.78, 5) is 77.8. The number of hydrogen-bond acceptors (Lipinski definition) is 10. The molecule has 2 aromatic rings. The van der Waals surface area contributed by atoms with Gasteiger partial charge in [-0.25, -0.2) is 24.3 Å². The molecule has 3 N–H and O–H groups in total. The average Bonchev–Trinajstić information content (AvgIpc) is 3.65. The molecule has 0 bridgehead atoms. The molecule has 5 rings (SSSR count). The summed E-state index contributed by atoms with van der Waals surface area (Å²) in [6.07, 6.45) is 2.79. The Kier molecular flexibility index (Phi) is 8.47. The number of aliphatic carboxylic acids is 1. The minimum absolute atomic E-state index is 0.0120. The summed E-state index contributed by atoms with van der Waals surface area (Å²) in [5.41, 5.74) is 0.358. The summed E-state index contributed by atoms with van der Waals surface area (Å²) in [5, 5.41) is 19.4. The molecule has 2 unspecified atom stereocenters. The van der Waals surface area contributed by atoms with E-state index in [-0.39, 0.29) is 36.7 Å². The Labute approximate surface area is 248 Å². The first-order valence-corrected chi connectivity index (χ1v) is 14.1. The van der Waals surface area contributed by atoms with Crippen molar-refractivity contribution >= 4 is 53.8 Å². The van der Waals surface area contributed by atoms with Crippen molar-refractivity contribution in [3.63, 3.8) is 0 Å². The number of carbonyl (C=O) groups is 6. The van der Waals surface area contributed by atoms with Crippen molar-refractivity contribution < 1.29 is 43.0 Å². The number of imide groups is 1. The lowest BCUT2D eigenvalue weighted by molar-refractivity contribution is -0.151. The molecule has 15 nitrogen and oxygen atoms in total. The first-order chi connectivity index (χ1) is 20.7. The molecule has 16 heteroatoms. The fraction of sp³-hybridized carbons (Fsp3) is 0.296. The van der Waals surface area contributed by atoms with Crippen LogP contribution in [0.4, 0.5) is 9.59 Å². The molecular weight excluding hydrogens is 584 g/mol. The second-order valence-electron chi connectivity index (χ2n) is 9.54. The highest BCUT2D eigenvalue weighted by Crippen LogP contribution is 2.40. The number of thioether (sulfide) groups is 1. The van der Waals surface area contributed by atoms with Crippen molar-refractivity contribution in [2.24, 2.45) is 5.10 Å². The van der Waals surface area contributed by atoms with Crippen LogP contribution in [0.1, 0.15) is 24.3 Å². The smallest absolute Gasteiger partial charge is 0.352 e. The molecule has 1 aromatic carbocycles. The Balaban J connectivity index is 1.28. The van der Waals surface area contributed by atoms with Crippen molar-refractivity contribution in [1.29, 1.82) is 0 Å². The molecule has 43 heavy (non-hydrogen) atoms. The van der Waals surface area contributed by atoms with Gasteiger partial charge in [-0.3, -0.25) is 19.3 Å². The summed E-state index contributed by atoms with van der Waals surface area (Å²) in [7, 11) is 0. The van der Waals surface area contributed by atoms with E-state index in [0.29, 0.717) is 11.3 Å². The van der Waals surface area contributed by atoms with Crippen molar-refractivity contribution in [3.8, 4) is 0 Å². The number of carboxylic acids is 1. The molecule has 3 aliphatic heterocycles. The lowest BCUT2D eigenvalue weighted by atomic mass is 10.0. The van der Waals surface area contributed by atoms with Gasteiger partial charge in [0, 0.05) is 18.2 Å². The van der Waals surface area contributed by atoms with E-state index in [0.717, 1.165) is 14.8 Å². The number of furan rings is 1. The standard InChI is InChI=1S/C27H26N6O9S/c1-15(34)42-13-17-14-43-24-20(23(36)33(24)21(17)25(37)38)29-22(35)19(16-6-3-2-4-7-16)30-26(39)31-9-10-32(27(31)40)28-12-18-8-5-11-41-18/h2-8,11-12,19-20,24H,9-10,13-14H2,1H3,(H,29,35)(H,30,39)(H,37,38)/t19?,20?,24-/m0/s1. The number of hydrogen-bond donors (Lipinski definition) is 3. The van der Waals surface area contributed by atoms with Crippen molar-refractivity contribution in [2.75, 3.05) is 25.4 Å². The molecule has 0 saturated carbocycles. The molecule has 2 saturated heterocycles. The predicted molar refractivity (Wildman–Crippen MR) is 149 cm³/mol. The summed E-state index contributed by atoms with van der Waals surface area (Å²) in [6.45, 7) is 1.04. The summed E-state index contributed by atoms with van der Waals surface area (Å²) >= 11 is 1.21. The van der Waals surface area contributed by atoms with Gasteiger partial charge in [0.25, 0.3) is 5.91 Å². The van der Waals surface area contributed by atoms with Crippen LogP contribution in [-0.4, -0.2) is 98.8 Å². The third-order valence-corrected chi connectivity index (χ3v) is 8.10. The van der Waals surface area contributed by atoms with E-state index in [4.69, 9.17) is 9.15 Å². The van der Waals surface area contributed by atoms with Gasteiger partial charge in [0.15, 0.2) is 0 Å². The number of benzene rings is 1. The Morgan fingerprint density at radius 2 is 1.93 bits per heavy atom. The number of amides is 6. The normalized spacial score (nSPS) is 20.5. The van der Waals surface area contributed by atoms with Gasteiger partial charge >= 0.3 is 24.0 Å². The second-order valence-corrected chi connectivity index (χ2v) is 10.6. The van der Waals surface area contributed by atoms with E-state index in [2.05, 4.69) is 15.7 Å². The van der Waals surface area contributed by atoms with Gasteiger partial charge in [-0.15, -0.1) is 11.8 Å². The zero-order chi connectivity index (χ0) is 30.7. The van der Waals surface area contributed by atoms with E-state index in [1.807, 2.05) is 0 Å².